The zero-order valence-electron chi connectivity index (χ0n) is 15.4. The number of carbonyl (C=O) groups is 1. The SMILES string of the molecule is CONS(=O)(=O)c1ccc(C(=O)N(C)[C@H](C)Cc2ccccc2C)cc1. The van der Waals surface area contributed by atoms with E-state index in [0.29, 0.717) is 5.56 Å². The lowest BCUT2D eigenvalue weighted by Gasteiger charge is -2.26. The molecule has 0 aliphatic carbocycles. The van der Waals surface area contributed by atoms with Gasteiger partial charge in [0.25, 0.3) is 15.9 Å². The van der Waals surface area contributed by atoms with Crippen molar-refractivity contribution in [1.82, 2.24) is 9.79 Å². The molecule has 1 N–H and O–H groups in total. The van der Waals surface area contributed by atoms with Crippen LogP contribution in [0.25, 0.3) is 0 Å². The summed E-state index contributed by atoms with van der Waals surface area (Å²) in [6, 6.07) is 13.9. The summed E-state index contributed by atoms with van der Waals surface area (Å²) in [5, 5.41) is 0. The van der Waals surface area contributed by atoms with Crippen molar-refractivity contribution in [1.29, 1.82) is 0 Å². The lowest BCUT2D eigenvalue weighted by Crippen LogP contribution is -2.36. The van der Waals surface area contributed by atoms with Crippen LogP contribution in [0.2, 0.25) is 0 Å². The smallest absolute Gasteiger partial charge is 0.262 e. The molecule has 26 heavy (non-hydrogen) atoms. The lowest BCUT2D eigenvalue weighted by atomic mass is 10.0. The molecule has 0 saturated carbocycles. The number of nitrogens with one attached hydrogen (secondary N) is 1. The molecule has 2 aromatic rings. The minimum absolute atomic E-state index is 0.00201. The van der Waals surface area contributed by atoms with Gasteiger partial charge in [-0.1, -0.05) is 29.2 Å². The van der Waals surface area contributed by atoms with E-state index >= 15 is 0 Å². The van der Waals surface area contributed by atoms with Crippen molar-refractivity contribution < 1.29 is 18.0 Å². The van der Waals surface area contributed by atoms with Crippen LogP contribution in [0.1, 0.15) is 28.4 Å². The maximum absolute atomic E-state index is 12.7. The Balaban J connectivity index is 2.11. The van der Waals surface area contributed by atoms with E-state index in [-0.39, 0.29) is 16.8 Å². The number of amides is 1. The van der Waals surface area contributed by atoms with Crippen molar-refractivity contribution in [3.8, 4) is 0 Å². The van der Waals surface area contributed by atoms with Crippen LogP contribution in [-0.2, 0) is 21.3 Å². The summed E-state index contributed by atoms with van der Waals surface area (Å²) in [7, 11) is -0.757. The highest BCUT2D eigenvalue weighted by Gasteiger charge is 2.20. The van der Waals surface area contributed by atoms with Crippen LogP contribution in [0.15, 0.2) is 53.4 Å². The number of nitrogens with zero attached hydrogens (tertiary/aromatic N) is 1. The zero-order valence-corrected chi connectivity index (χ0v) is 16.2. The molecule has 6 nitrogen and oxygen atoms in total. The fourth-order valence-electron chi connectivity index (χ4n) is 2.63. The van der Waals surface area contributed by atoms with Gasteiger partial charge in [-0.25, -0.2) is 8.42 Å². The predicted molar refractivity (Wildman–Crippen MR) is 100 cm³/mol. The number of likely N-dealkylation sites (N-methyl/N-ethyl adjacent to an activating group) is 1. The highest BCUT2D eigenvalue weighted by Crippen LogP contribution is 2.16. The fourth-order valence-corrected chi connectivity index (χ4v) is 3.44. The molecule has 2 rings (SSSR count). The minimum atomic E-state index is -3.73. The Kier molecular flexibility index (Phi) is 6.52. The number of carbonyl (C=O) groups excluding carboxylic acids is 1. The Bertz CT molecular complexity index is 863. The summed E-state index contributed by atoms with van der Waals surface area (Å²) in [5.41, 5.74) is 2.83. The number of sulfonamides is 1. The maximum atomic E-state index is 12.7. The highest BCUT2D eigenvalue weighted by atomic mass is 32.2. The Morgan fingerprint density at radius 2 is 1.77 bits per heavy atom. The first kappa shape index (κ1) is 20.1. The topological polar surface area (TPSA) is 75.7 Å². The average molecular weight is 376 g/mol. The highest BCUT2D eigenvalue weighted by molar-refractivity contribution is 7.89. The molecule has 0 aliphatic rings. The van der Waals surface area contributed by atoms with Gasteiger partial charge in [0.2, 0.25) is 0 Å². The van der Waals surface area contributed by atoms with Crippen LogP contribution in [0, 0.1) is 6.92 Å². The van der Waals surface area contributed by atoms with Gasteiger partial charge in [0.15, 0.2) is 0 Å². The summed E-state index contributed by atoms with van der Waals surface area (Å²) in [5.74, 6) is -0.158. The van der Waals surface area contributed by atoms with Crippen LogP contribution in [0.5, 0.6) is 0 Å². The summed E-state index contributed by atoms with van der Waals surface area (Å²) >= 11 is 0. The van der Waals surface area contributed by atoms with E-state index in [1.54, 1.807) is 11.9 Å². The van der Waals surface area contributed by atoms with Crippen molar-refractivity contribution in [2.75, 3.05) is 14.2 Å². The number of hydrogen-bond donors (Lipinski definition) is 1. The summed E-state index contributed by atoms with van der Waals surface area (Å²) in [4.78, 5) is 20.8. The van der Waals surface area contributed by atoms with Crippen molar-refractivity contribution in [2.45, 2.75) is 31.2 Å². The maximum Gasteiger partial charge on any atom is 0.262 e. The molecular weight excluding hydrogens is 352 g/mol. The van der Waals surface area contributed by atoms with Crippen LogP contribution in [0.4, 0.5) is 0 Å². The van der Waals surface area contributed by atoms with Gasteiger partial charge in [-0.2, -0.15) is 0 Å². The average Bonchev–Trinajstić information content (AvgIpc) is 2.62. The molecular formula is C19H24N2O4S. The van der Waals surface area contributed by atoms with E-state index in [1.165, 1.54) is 42.5 Å². The molecule has 1 amide bonds. The normalized spacial score (nSPS) is 12.6. The monoisotopic (exact) mass is 376 g/mol. The van der Waals surface area contributed by atoms with Crippen molar-refractivity contribution in [3.05, 3.63) is 65.2 Å². The first-order chi connectivity index (χ1) is 12.3. The molecule has 0 radical (unpaired) electrons. The number of hydrogen-bond acceptors (Lipinski definition) is 4. The molecule has 0 spiro atoms. The molecule has 0 bridgehead atoms. The molecule has 0 unspecified atom stereocenters. The van der Waals surface area contributed by atoms with E-state index in [0.717, 1.165) is 6.42 Å². The van der Waals surface area contributed by atoms with Crippen LogP contribution >= 0.6 is 0 Å². The molecule has 0 heterocycles. The molecule has 0 fully saturated rings. The molecule has 7 heteroatoms. The third-order valence-corrected chi connectivity index (χ3v) is 5.64. The molecule has 0 aliphatic heterocycles. The van der Waals surface area contributed by atoms with Gasteiger partial charge in [-0.05, 0) is 55.7 Å². The Morgan fingerprint density at radius 1 is 1.15 bits per heavy atom. The Hall–Kier alpha value is -2.22. The molecule has 0 saturated heterocycles. The van der Waals surface area contributed by atoms with E-state index in [9.17, 15) is 13.2 Å². The second-order valence-electron chi connectivity index (χ2n) is 6.21. The summed E-state index contributed by atoms with van der Waals surface area (Å²) in [6.45, 7) is 4.04. The van der Waals surface area contributed by atoms with Gasteiger partial charge in [0, 0.05) is 18.7 Å². The number of benzene rings is 2. The van der Waals surface area contributed by atoms with Crippen molar-refractivity contribution in [2.24, 2.45) is 0 Å². The fraction of sp³-hybridized carbons (Fsp3) is 0.316. The standard InChI is InChI=1S/C19H24N2O4S/c1-14-7-5-6-8-17(14)13-15(2)21(3)19(22)16-9-11-18(12-10-16)26(23,24)20-25-4/h5-12,15,20H,13H2,1-4H3/t15-/m1/s1. The second kappa shape index (κ2) is 8.44. The number of aryl methyl sites for hydroxylation is 1. The third-order valence-electron chi connectivity index (χ3n) is 4.36. The minimum Gasteiger partial charge on any atom is -0.339 e. The lowest BCUT2D eigenvalue weighted by molar-refractivity contribution is 0.0743. The van der Waals surface area contributed by atoms with Crippen molar-refractivity contribution in [3.63, 3.8) is 0 Å². The Labute approximate surface area is 154 Å². The second-order valence-corrected chi connectivity index (χ2v) is 7.86. The van der Waals surface area contributed by atoms with E-state index in [1.807, 2.05) is 23.9 Å². The molecule has 140 valence electrons. The first-order valence-electron chi connectivity index (χ1n) is 8.22. The first-order valence-corrected chi connectivity index (χ1v) is 9.71. The van der Waals surface area contributed by atoms with Gasteiger partial charge >= 0.3 is 0 Å². The van der Waals surface area contributed by atoms with Gasteiger partial charge in [0.05, 0.1) is 12.0 Å². The largest absolute Gasteiger partial charge is 0.339 e. The number of rotatable bonds is 7. The van der Waals surface area contributed by atoms with Crippen LogP contribution in [0.3, 0.4) is 0 Å². The van der Waals surface area contributed by atoms with E-state index in [4.69, 9.17) is 0 Å². The molecule has 0 aromatic heterocycles. The van der Waals surface area contributed by atoms with Gasteiger partial charge in [-0.3, -0.25) is 9.63 Å². The summed E-state index contributed by atoms with van der Waals surface area (Å²) in [6.07, 6.45) is 0.749. The van der Waals surface area contributed by atoms with Crippen LogP contribution in [-0.4, -0.2) is 39.4 Å². The molecule has 2 aromatic carbocycles. The quantitative estimate of drug-likeness (QED) is 0.754. The third kappa shape index (κ3) is 4.69. The van der Waals surface area contributed by atoms with Gasteiger partial charge < -0.3 is 4.90 Å². The van der Waals surface area contributed by atoms with Crippen LogP contribution < -0.4 is 4.89 Å². The molecule has 1 atom stereocenters. The van der Waals surface area contributed by atoms with E-state index in [2.05, 4.69) is 23.9 Å². The van der Waals surface area contributed by atoms with Crippen molar-refractivity contribution >= 4 is 15.9 Å². The van der Waals surface area contributed by atoms with E-state index < -0.39 is 10.0 Å². The Morgan fingerprint density at radius 3 is 2.35 bits per heavy atom. The van der Waals surface area contributed by atoms with Gasteiger partial charge in [-0.15, -0.1) is 0 Å². The zero-order chi connectivity index (χ0) is 19.3. The van der Waals surface area contributed by atoms with Gasteiger partial charge in [0.1, 0.15) is 0 Å². The summed E-state index contributed by atoms with van der Waals surface area (Å²) < 4.78 is 23.7. The predicted octanol–water partition coefficient (Wildman–Crippen LogP) is 2.54.